The standard InChI is InChI=1S/C24H24F4N2O4/c1-23(2,3)20(12-31)30-11-16(22(33)34)21(32)15-8-18(17(9-19(15)30)24(26,27)28)29-10-13-4-6-14(25)7-5-13/h4-9,11,20,29,31H,10,12H2,1-3H3,(H,33,34)/t20-/m1/s1. The summed E-state index contributed by atoms with van der Waals surface area (Å²) in [5, 5.41) is 21.9. The number of aliphatic hydroxyl groups excluding tert-OH is 1. The van der Waals surface area contributed by atoms with Gasteiger partial charge in [0.15, 0.2) is 0 Å². The summed E-state index contributed by atoms with van der Waals surface area (Å²) in [4.78, 5) is 24.6. The topological polar surface area (TPSA) is 91.6 Å². The van der Waals surface area contributed by atoms with Crippen molar-refractivity contribution in [2.75, 3.05) is 11.9 Å². The zero-order chi connectivity index (χ0) is 25.4. The number of aliphatic hydroxyl groups is 1. The molecule has 0 radical (unpaired) electrons. The van der Waals surface area contributed by atoms with Crippen LogP contribution in [-0.2, 0) is 12.7 Å². The molecule has 0 fully saturated rings. The number of anilines is 1. The molecule has 6 nitrogen and oxygen atoms in total. The van der Waals surface area contributed by atoms with Crippen LogP contribution in [0.3, 0.4) is 0 Å². The molecule has 1 aromatic heterocycles. The van der Waals surface area contributed by atoms with Gasteiger partial charge < -0.3 is 20.1 Å². The summed E-state index contributed by atoms with van der Waals surface area (Å²) in [6.07, 6.45) is -3.83. The molecule has 3 aromatic rings. The molecule has 3 rings (SSSR count). The van der Waals surface area contributed by atoms with Gasteiger partial charge in [0.25, 0.3) is 0 Å². The van der Waals surface area contributed by atoms with Crippen molar-refractivity contribution in [1.82, 2.24) is 4.57 Å². The van der Waals surface area contributed by atoms with E-state index in [1.165, 1.54) is 28.8 Å². The van der Waals surface area contributed by atoms with Crippen molar-refractivity contribution < 1.29 is 32.6 Å². The summed E-state index contributed by atoms with van der Waals surface area (Å²) >= 11 is 0. The number of hydrogen-bond donors (Lipinski definition) is 3. The Labute approximate surface area is 192 Å². The Balaban J connectivity index is 2.29. The van der Waals surface area contributed by atoms with Crippen LogP contribution in [0, 0.1) is 11.2 Å². The first-order chi connectivity index (χ1) is 15.7. The van der Waals surface area contributed by atoms with Crippen molar-refractivity contribution >= 4 is 22.6 Å². The van der Waals surface area contributed by atoms with Gasteiger partial charge in [-0.2, -0.15) is 13.2 Å². The Morgan fingerprint density at radius 3 is 2.24 bits per heavy atom. The normalized spacial score (nSPS) is 13.2. The number of carboxylic acids is 1. The van der Waals surface area contributed by atoms with E-state index in [1.54, 1.807) is 20.8 Å². The first-order valence-electron chi connectivity index (χ1n) is 10.4. The lowest BCUT2D eigenvalue weighted by atomic mass is 9.86. The average molecular weight is 480 g/mol. The molecular formula is C24H24F4N2O4. The van der Waals surface area contributed by atoms with Crippen LogP contribution in [0.2, 0.25) is 0 Å². The third-order valence-electron chi connectivity index (χ3n) is 5.61. The predicted molar refractivity (Wildman–Crippen MR) is 119 cm³/mol. The molecular weight excluding hydrogens is 456 g/mol. The molecule has 1 heterocycles. The lowest BCUT2D eigenvalue weighted by Crippen LogP contribution is -2.30. The quantitative estimate of drug-likeness (QED) is 0.430. The van der Waals surface area contributed by atoms with E-state index in [1.807, 2.05) is 0 Å². The number of benzene rings is 2. The smallest absolute Gasteiger partial charge is 0.418 e. The van der Waals surface area contributed by atoms with Crippen molar-refractivity contribution in [3.63, 3.8) is 0 Å². The van der Waals surface area contributed by atoms with Gasteiger partial charge in [0.2, 0.25) is 5.43 Å². The van der Waals surface area contributed by atoms with Crippen LogP contribution >= 0.6 is 0 Å². The highest BCUT2D eigenvalue weighted by Crippen LogP contribution is 2.39. The number of alkyl halides is 3. The number of aromatic nitrogens is 1. The summed E-state index contributed by atoms with van der Waals surface area (Å²) < 4.78 is 56.3. The van der Waals surface area contributed by atoms with Crippen molar-refractivity contribution in [3.8, 4) is 0 Å². The minimum Gasteiger partial charge on any atom is -0.477 e. The highest BCUT2D eigenvalue weighted by atomic mass is 19.4. The Morgan fingerprint density at radius 1 is 1.12 bits per heavy atom. The van der Waals surface area contributed by atoms with E-state index < -0.39 is 58.3 Å². The zero-order valence-electron chi connectivity index (χ0n) is 18.7. The molecule has 0 aliphatic rings. The fourth-order valence-corrected chi connectivity index (χ4v) is 3.77. The maximum Gasteiger partial charge on any atom is 0.418 e. The van der Waals surface area contributed by atoms with E-state index in [0.717, 1.165) is 18.3 Å². The second-order valence-corrected chi connectivity index (χ2v) is 9.04. The number of aromatic carboxylic acids is 1. The molecule has 3 N–H and O–H groups in total. The number of nitrogens with zero attached hydrogens (tertiary/aromatic N) is 1. The summed E-state index contributed by atoms with van der Waals surface area (Å²) in [7, 11) is 0. The maximum absolute atomic E-state index is 14.0. The van der Waals surface area contributed by atoms with Gasteiger partial charge in [-0.1, -0.05) is 32.9 Å². The molecule has 182 valence electrons. The van der Waals surface area contributed by atoms with Gasteiger partial charge in [-0.25, -0.2) is 9.18 Å². The Morgan fingerprint density at radius 2 is 1.74 bits per heavy atom. The molecule has 0 bridgehead atoms. The van der Waals surface area contributed by atoms with E-state index in [-0.39, 0.29) is 17.4 Å². The van der Waals surface area contributed by atoms with Gasteiger partial charge in [-0.3, -0.25) is 4.79 Å². The molecule has 0 amide bonds. The van der Waals surface area contributed by atoms with Crippen molar-refractivity contribution in [2.45, 2.75) is 39.5 Å². The Kier molecular flexibility index (Phi) is 6.75. The molecule has 0 aliphatic heterocycles. The minimum absolute atomic E-state index is 0.0943. The zero-order valence-corrected chi connectivity index (χ0v) is 18.7. The van der Waals surface area contributed by atoms with Gasteiger partial charge in [-0.15, -0.1) is 0 Å². The molecule has 0 unspecified atom stereocenters. The number of fused-ring (bicyclic) bond motifs is 1. The first-order valence-corrected chi connectivity index (χ1v) is 10.4. The first kappa shape index (κ1) is 25.2. The number of carbonyl (C=O) groups is 1. The second-order valence-electron chi connectivity index (χ2n) is 9.04. The van der Waals surface area contributed by atoms with Crippen LogP contribution in [0.1, 0.15) is 48.3 Å². The van der Waals surface area contributed by atoms with Crippen molar-refractivity contribution in [2.24, 2.45) is 5.41 Å². The molecule has 0 saturated heterocycles. The van der Waals surface area contributed by atoms with E-state index in [2.05, 4.69) is 5.32 Å². The minimum atomic E-state index is -4.80. The third-order valence-corrected chi connectivity index (χ3v) is 5.61. The van der Waals surface area contributed by atoms with Crippen LogP contribution in [0.15, 0.2) is 47.4 Å². The number of carboxylic acid groups (broad SMARTS) is 1. The monoisotopic (exact) mass is 480 g/mol. The number of pyridine rings is 1. The van der Waals surface area contributed by atoms with Crippen LogP contribution in [0.5, 0.6) is 0 Å². The van der Waals surface area contributed by atoms with Gasteiger partial charge >= 0.3 is 12.1 Å². The number of halogens is 4. The molecule has 1 atom stereocenters. The summed E-state index contributed by atoms with van der Waals surface area (Å²) in [5.74, 6) is -2.03. The number of hydrogen-bond acceptors (Lipinski definition) is 4. The molecule has 0 spiro atoms. The van der Waals surface area contributed by atoms with Crippen LogP contribution < -0.4 is 10.7 Å². The highest BCUT2D eigenvalue weighted by Gasteiger charge is 2.36. The van der Waals surface area contributed by atoms with Gasteiger partial charge in [0.05, 0.1) is 23.7 Å². The highest BCUT2D eigenvalue weighted by molar-refractivity contribution is 5.94. The van der Waals surface area contributed by atoms with E-state index in [0.29, 0.717) is 5.56 Å². The molecule has 2 aromatic carbocycles. The van der Waals surface area contributed by atoms with E-state index >= 15 is 0 Å². The lowest BCUT2D eigenvalue weighted by Gasteiger charge is -2.33. The molecule has 10 heteroatoms. The second kappa shape index (κ2) is 9.09. The fourth-order valence-electron chi connectivity index (χ4n) is 3.77. The third kappa shape index (κ3) is 5.06. The van der Waals surface area contributed by atoms with Crippen LogP contribution in [0.25, 0.3) is 10.9 Å². The number of rotatable bonds is 6. The predicted octanol–water partition coefficient (Wildman–Crippen LogP) is 5.05. The fraction of sp³-hybridized carbons (Fsp3) is 0.333. The van der Waals surface area contributed by atoms with E-state index in [4.69, 9.17) is 0 Å². The van der Waals surface area contributed by atoms with Crippen LogP contribution in [-0.4, -0.2) is 27.4 Å². The van der Waals surface area contributed by atoms with Crippen molar-refractivity contribution in [3.05, 3.63) is 75.3 Å². The van der Waals surface area contributed by atoms with Gasteiger partial charge in [-0.05, 0) is 35.2 Å². The Bertz CT molecular complexity index is 1280. The molecule has 0 saturated carbocycles. The maximum atomic E-state index is 14.0. The van der Waals surface area contributed by atoms with E-state index in [9.17, 15) is 37.4 Å². The lowest BCUT2D eigenvalue weighted by molar-refractivity contribution is -0.136. The van der Waals surface area contributed by atoms with Crippen molar-refractivity contribution in [1.29, 1.82) is 0 Å². The Hall–Kier alpha value is -3.40. The average Bonchev–Trinajstić information content (AvgIpc) is 2.73. The summed E-state index contributed by atoms with van der Waals surface area (Å²) in [5.41, 5.74) is -3.38. The largest absolute Gasteiger partial charge is 0.477 e. The molecule has 34 heavy (non-hydrogen) atoms. The summed E-state index contributed by atoms with van der Waals surface area (Å²) in [6, 6.07) is 6.09. The van der Waals surface area contributed by atoms with Crippen LogP contribution in [0.4, 0.5) is 23.2 Å². The molecule has 0 aliphatic carbocycles. The summed E-state index contributed by atoms with van der Waals surface area (Å²) in [6.45, 7) is 4.63. The van der Waals surface area contributed by atoms with Gasteiger partial charge in [0, 0.05) is 23.8 Å². The van der Waals surface area contributed by atoms with Gasteiger partial charge in [0.1, 0.15) is 11.4 Å². The SMILES string of the molecule is CC(C)(C)[C@@H](CO)n1cc(C(=O)O)c(=O)c2cc(NCc3ccc(F)cc3)c(C(F)(F)F)cc21. The number of nitrogens with one attached hydrogen (secondary N) is 1.